The van der Waals surface area contributed by atoms with E-state index in [1.807, 2.05) is 45.1 Å². The molecule has 1 aliphatic rings. The summed E-state index contributed by atoms with van der Waals surface area (Å²) >= 11 is 0. The number of anilines is 2. The highest BCUT2D eigenvalue weighted by molar-refractivity contribution is 5.83. The Balaban J connectivity index is 1.86. The highest BCUT2D eigenvalue weighted by Gasteiger charge is 2.14. The van der Waals surface area contributed by atoms with E-state index in [0.717, 1.165) is 23.4 Å². The van der Waals surface area contributed by atoms with E-state index in [-0.39, 0.29) is 0 Å². The van der Waals surface area contributed by atoms with Gasteiger partial charge in [0.2, 0.25) is 0 Å². The first-order chi connectivity index (χ1) is 11.9. The van der Waals surface area contributed by atoms with Crippen LogP contribution in [0, 0.1) is 0 Å². The first kappa shape index (κ1) is 18.5. The van der Waals surface area contributed by atoms with Crippen LogP contribution in [0.3, 0.4) is 0 Å². The molecular formula is C19H24N4O2. The van der Waals surface area contributed by atoms with Crippen molar-refractivity contribution in [2.75, 3.05) is 17.6 Å². The first-order valence-electron chi connectivity index (χ1n) is 8.24. The average Bonchev–Trinajstić information content (AvgIpc) is 2.76. The number of amides is 1. The van der Waals surface area contributed by atoms with Crippen molar-refractivity contribution in [2.24, 2.45) is 4.99 Å². The number of allylic oxidation sites excluding steroid dienone is 2. The van der Waals surface area contributed by atoms with Crippen molar-refractivity contribution in [1.29, 1.82) is 0 Å². The number of nitrogens with zero attached hydrogens (tertiary/aromatic N) is 2. The third kappa shape index (κ3) is 5.94. The molecule has 1 aromatic heterocycles. The fraction of sp³-hybridized carbons (Fsp3) is 0.368. The lowest BCUT2D eigenvalue weighted by atomic mass is 10.1. The van der Waals surface area contributed by atoms with E-state index in [1.54, 1.807) is 12.4 Å². The lowest BCUT2D eigenvalue weighted by molar-refractivity contribution is 0.0605. The third-order valence-corrected chi connectivity index (χ3v) is 3.25. The number of unbranched alkanes of at least 4 members (excludes halogenated alkanes) is 1. The topological polar surface area (TPSA) is 89.6 Å². The molecule has 1 heterocycles. The molecule has 1 aromatic rings. The molecule has 3 N–H and O–H groups in total. The molecular weight excluding hydrogens is 316 g/mol. The number of aliphatic imine (C=N–C) groups is 1. The van der Waals surface area contributed by atoms with E-state index in [0.29, 0.717) is 18.7 Å². The SMILES string of the molecule is CC(C)(C)OC(=O)N=CCCCNc1c(N)cnc2c1C=C=CC=C2. The van der Waals surface area contributed by atoms with Crippen LogP contribution < -0.4 is 11.1 Å². The maximum absolute atomic E-state index is 11.5. The summed E-state index contributed by atoms with van der Waals surface area (Å²) in [6, 6.07) is 0. The van der Waals surface area contributed by atoms with Crippen LogP contribution in [0.4, 0.5) is 16.2 Å². The monoisotopic (exact) mass is 340 g/mol. The molecule has 0 aliphatic heterocycles. The largest absolute Gasteiger partial charge is 0.442 e. The summed E-state index contributed by atoms with van der Waals surface area (Å²) in [4.78, 5) is 19.6. The molecule has 132 valence electrons. The van der Waals surface area contributed by atoms with Gasteiger partial charge in [-0.1, -0.05) is 6.08 Å². The molecule has 0 unspecified atom stereocenters. The maximum Gasteiger partial charge on any atom is 0.433 e. The van der Waals surface area contributed by atoms with E-state index in [2.05, 4.69) is 21.0 Å². The number of aromatic nitrogens is 1. The minimum absolute atomic E-state index is 0.525. The van der Waals surface area contributed by atoms with Crippen molar-refractivity contribution in [3.8, 4) is 0 Å². The zero-order valence-corrected chi connectivity index (χ0v) is 14.9. The normalized spacial score (nSPS) is 12.9. The lowest BCUT2D eigenvalue weighted by Gasteiger charge is -2.17. The smallest absolute Gasteiger partial charge is 0.433 e. The number of hydrogen-bond acceptors (Lipinski definition) is 5. The van der Waals surface area contributed by atoms with Crippen LogP contribution in [-0.4, -0.2) is 29.4 Å². The molecule has 0 saturated heterocycles. The lowest BCUT2D eigenvalue weighted by Crippen LogP contribution is -2.21. The van der Waals surface area contributed by atoms with Gasteiger partial charge in [0.25, 0.3) is 0 Å². The van der Waals surface area contributed by atoms with Crippen LogP contribution in [0.25, 0.3) is 12.2 Å². The number of carbonyl (C=O) groups excluding carboxylic acids is 1. The Morgan fingerprint density at radius 3 is 3.04 bits per heavy atom. The fourth-order valence-electron chi connectivity index (χ4n) is 2.19. The molecule has 0 fully saturated rings. The van der Waals surface area contributed by atoms with Crippen molar-refractivity contribution in [3.63, 3.8) is 0 Å². The van der Waals surface area contributed by atoms with Crippen LogP contribution in [-0.2, 0) is 4.74 Å². The predicted octanol–water partition coefficient (Wildman–Crippen LogP) is 4.06. The quantitative estimate of drug-likeness (QED) is 0.479. The van der Waals surface area contributed by atoms with Crippen LogP contribution in [0.2, 0.25) is 0 Å². The second-order valence-electron chi connectivity index (χ2n) is 6.59. The number of nitrogen functional groups attached to an aromatic ring is 1. The Hall–Kier alpha value is -2.85. The summed E-state index contributed by atoms with van der Waals surface area (Å²) in [6.07, 6.45) is 11.6. The summed E-state index contributed by atoms with van der Waals surface area (Å²) in [7, 11) is 0. The zero-order valence-electron chi connectivity index (χ0n) is 14.9. The predicted molar refractivity (Wildman–Crippen MR) is 103 cm³/mol. The number of ether oxygens (including phenoxy) is 1. The molecule has 0 spiro atoms. The molecule has 2 rings (SSSR count). The first-order valence-corrected chi connectivity index (χ1v) is 8.24. The number of pyridine rings is 1. The van der Waals surface area contributed by atoms with E-state index >= 15 is 0 Å². The Morgan fingerprint density at radius 2 is 2.28 bits per heavy atom. The van der Waals surface area contributed by atoms with Gasteiger partial charge in [0.15, 0.2) is 0 Å². The fourth-order valence-corrected chi connectivity index (χ4v) is 2.19. The second-order valence-corrected chi connectivity index (χ2v) is 6.59. The van der Waals surface area contributed by atoms with Gasteiger partial charge in [0.05, 0.1) is 23.3 Å². The van der Waals surface area contributed by atoms with Crippen molar-refractivity contribution in [1.82, 2.24) is 4.98 Å². The summed E-state index contributed by atoms with van der Waals surface area (Å²) in [5.74, 6) is 0. The van der Waals surface area contributed by atoms with E-state index in [4.69, 9.17) is 10.5 Å². The van der Waals surface area contributed by atoms with Crippen molar-refractivity contribution < 1.29 is 9.53 Å². The van der Waals surface area contributed by atoms with Crippen LogP contribution in [0.5, 0.6) is 0 Å². The molecule has 25 heavy (non-hydrogen) atoms. The minimum atomic E-state index is -0.562. The summed E-state index contributed by atoms with van der Waals surface area (Å²) in [5.41, 5.74) is 11.8. The minimum Gasteiger partial charge on any atom is -0.442 e. The third-order valence-electron chi connectivity index (χ3n) is 3.25. The molecule has 0 aromatic carbocycles. The van der Waals surface area contributed by atoms with Gasteiger partial charge in [-0.2, -0.15) is 4.99 Å². The summed E-state index contributed by atoms with van der Waals surface area (Å²) in [6.45, 7) is 6.13. The molecule has 0 bridgehead atoms. The Morgan fingerprint density at radius 1 is 1.48 bits per heavy atom. The van der Waals surface area contributed by atoms with E-state index in [1.165, 1.54) is 0 Å². The van der Waals surface area contributed by atoms with Crippen LogP contribution in [0.1, 0.15) is 44.9 Å². The van der Waals surface area contributed by atoms with E-state index in [9.17, 15) is 4.79 Å². The molecule has 1 aliphatic carbocycles. The number of fused-ring (bicyclic) bond motifs is 1. The van der Waals surface area contributed by atoms with E-state index < -0.39 is 11.7 Å². The molecule has 0 radical (unpaired) electrons. The average molecular weight is 340 g/mol. The molecule has 6 nitrogen and oxygen atoms in total. The van der Waals surface area contributed by atoms with Gasteiger partial charge < -0.3 is 15.8 Å². The number of nitrogens with two attached hydrogens (primary N) is 1. The number of hydrogen-bond donors (Lipinski definition) is 2. The highest BCUT2D eigenvalue weighted by atomic mass is 16.6. The Kier molecular flexibility index (Phi) is 6.14. The van der Waals surface area contributed by atoms with Crippen LogP contribution >= 0.6 is 0 Å². The van der Waals surface area contributed by atoms with Gasteiger partial charge >= 0.3 is 6.09 Å². The Bertz CT molecular complexity index is 751. The van der Waals surface area contributed by atoms with Gasteiger partial charge in [-0.05, 0) is 51.8 Å². The number of carbonyl (C=O) groups is 1. The highest BCUT2D eigenvalue weighted by Crippen LogP contribution is 2.28. The van der Waals surface area contributed by atoms with Gasteiger partial charge in [0.1, 0.15) is 5.60 Å². The standard InChI is InChI=1S/C19H24N4O2/c1-19(2,3)25-18(24)22-12-8-7-11-21-17-14-9-5-4-6-10-16(14)23-13-15(17)20/h4,6,9-10,12-13H,7-8,11,20H2,1-3H3,(H,21,23). The van der Waals surface area contributed by atoms with Gasteiger partial charge in [0, 0.05) is 18.3 Å². The maximum atomic E-state index is 11.5. The summed E-state index contributed by atoms with van der Waals surface area (Å²) < 4.78 is 5.11. The van der Waals surface area contributed by atoms with Crippen molar-refractivity contribution >= 4 is 35.8 Å². The molecule has 6 heteroatoms. The van der Waals surface area contributed by atoms with Gasteiger partial charge in [-0.25, -0.2) is 4.79 Å². The summed E-state index contributed by atoms with van der Waals surface area (Å²) in [5, 5.41) is 3.33. The number of rotatable bonds is 5. The molecule has 0 atom stereocenters. The van der Waals surface area contributed by atoms with Crippen molar-refractivity contribution in [2.45, 2.75) is 39.2 Å². The molecule has 0 saturated carbocycles. The van der Waals surface area contributed by atoms with Crippen molar-refractivity contribution in [3.05, 3.63) is 35.3 Å². The number of nitrogens with one attached hydrogen (secondary N) is 1. The van der Waals surface area contributed by atoms with Crippen LogP contribution in [0.15, 0.2) is 29.1 Å². The van der Waals surface area contributed by atoms with Gasteiger partial charge in [-0.15, -0.1) is 5.73 Å². The zero-order chi connectivity index (χ0) is 18.3. The van der Waals surface area contributed by atoms with Gasteiger partial charge in [-0.3, -0.25) is 4.98 Å². The second kappa shape index (κ2) is 8.31. The Labute approximate surface area is 148 Å². The molecule has 1 amide bonds.